The Labute approximate surface area is 69.8 Å². The van der Waals surface area contributed by atoms with Gasteiger partial charge in [-0.3, -0.25) is 11.3 Å². The predicted molar refractivity (Wildman–Crippen MR) is 50.0 cm³/mol. The van der Waals surface area contributed by atoms with Crippen LogP contribution in [0.5, 0.6) is 0 Å². The molecule has 0 amide bonds. The van der Waals surface area contributed by atoms with E-state index in [-0.39, 0.29) is 5.41 Å². The highest BCUT2D eigenvalue weighted by Gasteiger charge is 2.22. The molecular weight excluding hydrogens is 136 g/mol. The lowest BCUT2D eigenvalue weighted by molar-refractivity contribution is 0.268. The molecule has 0 fully saturated rings. The van der Waals surface area contributed by atoms with Gasteiger partial charge in [-0.1, -0.05) is 26.3 Å². The van der Waals surface area contributed by atoms with Crippen molar-refractivity contribution in [3.05, 3.63) is 12.2 Å². The average molecular weight is 156 g/mol. The van der Waals surface area contributed by atoms with Crippen LogP contribution in [-0.2, 0) is 0 Å². The van der Waals surface area contributed by atoms with Crippen molar-refractivity contribution < 1.29 is 0 Å². The van der Waals surface area contributed by atoms with Gasteiger partial charge >= 0.3 is 0 Å². The van der Waals surface area contributed by atoms with E-state index in [0.717, 1.165) is 6.42 Å². The molecule has 1 unspecified atom stereocenters. The van der Waals surface area contributed by atoms with Gasteiger partial charge in [-0.05, 0) is 18.8 Å². The summed E-state index contributed by atoms with van der Waals surface area (Å²) in [4.78, 5) is 0. The van der Waals surface area contributed by atoms with E-state index in [4.69, 9.17) is 5.84 Å². The summed E-state index contributed by atoms with van der Waals surface area (Å²) in [7, 11) is 0. The topological polar surface area (TPSA) is 38.0 Å². The van der Waals surface area contributed by atoms with Crippen LogP contribution in [-0.4, -0.2) is 6.04 Å². The molecule has 2 heteroatoms. The van der Waals surface area contributed by atoms with E-state index in [1.807, 2.05) is 6.92 Å². The van der Waals surface area contributed by atoms with Gasteiger partial charge in [-0.2, -0.15) is 0 Å². The molecule has 0 aromatic carbocycles. The lowest BCUT2D eigenvalue weighted by Gasteiger charge is -2.30. The lowest BCUT2D eigenvalue weighted by atomic mass is 9.84. The van der Waals surface area contributed by atoms with Crippen molar-refractivity contribution in [1.82, 2.24) is 5.43 Å². The van der Waals surface area contributed by atoms with Gasteiger partial charge in [0.2, 0.25) is 0 Å². The summed E-state index contributed by atoms with van der Waals surface area (Å²) in [6.07, 6.45) is 0.944. The molecule has 0 saturated carbocycles. The molecule has 0 aromatic heterocycles. The molecule has 0 radical (unpaired) electrons. The Morgan fingerprint density at radius 2 is 2.00 bits per heavy atom. The molecule has 66 valence electrons. The van der Waals surface area contributed by atoms with Crippen LogP contribution in [0.25, 0.3) is 0 Å². The fraction of sp³-hybridized carbons (Fsp3) is 0.778. The number of nitrogens with one attached hydrogen (secondary N) is 1. The fourth-order valence-corrected chi connectivity index (χ4v) is 0.964. The third-order valence-electron chi connectivity index (χ3n) is 1.80. The minimum absolute atomic E-state index is 0.202. The zero-order valence-electron chi connectivity index (χ0n) is 8.07. The van der Waals surface area contributed by atoms with Gasteiger partial charge in [-0.15, -0.1) is 6.58 Å². The maximum Gasteiger partial charge on any atom is 0.0295 e. The summed E-state index contributed by atoms with van der Waals surface area (Å²) in [5.41, 5.74) is 4.18. The largest absolute Gasteiger partial charge is 0.271 e. The van der Waals surface area contributed by atoms with E-state index < -0.39 is 0 Å². The minimum atomic E-state index is 0.202. The van der Waals surface area contributed by atoms with E-state index in [0.29, 0.717) is 6.04 Å². The maximum atomic E-state index is 5.42. The second kappa shape index (κ2) is 3.88. The highest BCUT2D eigenvalue weighted by Crippen LogP contribution is 2.22. The molecule has 1 atom stereocenters. The van der Waals surface area contributed by atoms with E-state index in [9.17, 15) is 0 Å². The molecule has 11 heavy (non-hydrogen) atoms. The Bertz CT molecular complexity index is 133. The number of hydrogen-bond donors (Lipinski definition) is 2. The Morgan fingerprint density at radius 1 is 1.55 bits per heavy atom. The molecule has 0 spiro atoms. The molecule has 0 rings (SSSR count). The van der Waals surface area contributed by atoms with Gasteiger partial charge in [0, 0.05) is 6.04 Å². The van der Waals surface area contributed by atoms with E-state index >= 15 is 0 Å². The minimum Gasteiger partial charge on any atom is -0.271 e. The first-order valence-corrected chi connectivity index (χ1v) is 3.98. The quantitative estimate of drug-likeness (QED) is 0.371. The highest BCUT2D eigenvalue weighted by molar-refractivity contribution is 4.95. The zero-order chi connectivity index (χ0) is 9.07. The molecule has 0 heterocycles. The van der Waals surface area contributed by atoms with Crippen LogP contribution in [0.1, 0.15) is 34.1 Å². The zero-order valence-corrected chi connectivity index (χ0v) is 8.07. The van der Waals surface area contributed by atoms with Gasteiger partial charge in [0.15, 0.2) is 0 Å². The van der Waals surface area contributed by atoms with Crippen LogP contribution in [0.15, 0.2) is 12.2 Å². The standard InChI is InChI=1S/C9H20N2/c1-7(2)6-8(11-10)9(3,4)5/h8,11H,1,6,10H2,2-5H3. The van der Waals surface area contributed by atoms with E-state index in [2.05, 4.69) is 32.8 Å². The lowest BCUT2D eigenvalue weighted by Crippen LogP contribution is -2.44. The van der Waals surface area contributed by atoms with Crippen LogP contribution in [0.2, 0.25) is 0 Å². The molecule has 0 aliphatic rings. The van der Waals surface area contributed by atoms with Crippen molar-refractivity contribution in [1.29, 1.82) is 0 Å². The summed E-state index contributed by atoms with van der Waals surface area (Å²) < 4.78 is 0. The summed E-state index contributed by atoms with van der Waals surface area (Å²) in [6, 6.07) is 0.319. The van der Waals surface area contributed by atoms with Crippen molar-refractivity contribution in [2.24, 2.45) is 11.3 Å². The predicted octanol–water partition coefficient (Wildman–Crippen LogP) is 1.83. The summed E-state index contributed by atoms with van der Waals surface area (Å²) in [6.45, 7) is 12.4. The van der Waals surface area contributed by atoms with Gasteiger partial charge in [0.05, 0.1) is 0 Å². The summed E-state index contributed by atoms with van der Waals surface area (Å²) >= 11 is 0. The molecular formula is C9H20N2. The molecule has 3 N–H and O–H groups in total. The molecule has 2 nitrogen and oxygen atoms in total. The molecule has 0 bridgehead atoms. The van der Waals surface area contributed by atoms with Gasteiger partial charge in [0.1, 0.15) is 0 Å². The molecule has 0 aliphatic heterocycles. The van der Waals surface area contributed by atoms with Crippen molar-refractivity contribution in [3.63, 3.8) is 0 Å². The summed E-state index contributed by atoms with van der Waals surface area (Å²) in [5.74, 6) is 5.42. The van der Waals surface area contributed by atoms with Gasteiger partial charge in [0.25, 0.3) is 0 Å². The molecule has 0 aromatic rings. The maximum absolute atomic E-state index is 5.42. The van der Waals surface area contributed by atoms with Crippen molar-refractivity contribution in [2.45, 2.75) is 40.2 Å². The molecule has 0 saturated heterocycles. The van der Waals surface area contributed by atoms with Crippen molar-refractivity contribution in [2.75, 3.05) is 0 Å². The second-order valence-electron chi connectivity index (χ2n) is 4.25. The number of hydrogen-bond acceptors (Lipinski definition) is 2. The molecule has 0 aliphatic carbocycles. The Kier molecular flexibility index (Phi) is 3.76. The van der Waals surface area contributed by atoms with Crippen LogP contribution in [0, 0.1) is 5.41 Å². The average Bonchev–Trinajstić information content (AvgIpc) is 1.79. The number of hydrazine groups is 1. The van der Waals surface area contributed by atoms with Crippen molar-refractivity contribution >= 4 is 0 Å². The van der Waals surface area contributed by atoms with Crippen LogP contribution in [0.3, 0.4) is 0 Å². The van der Waals surface area contributed by atoms with Crippen LogP contribution < -0.4 is 11.3 Å². The first kappa shape index (κ1) is 10.7. The SMILES string of the molecule is C=C(C)CC(NN)C(C)(C)C. The third-order valence-corrected chi connectivity index (χ3v) is 1.80. The first-order chi connectivity index (χ1) is 4.88. The van der Waals surface area contributed by atoms with E-state index in [1.54, 1.807) is 0 Å². The monoisotopic (exact) mass is 156 g/mol. The summed E-state index contributed by atoms with van der Waals surface area (Å²) in [5, 5.41) is 0. The Hall–Kier alpha value is -0.340. The van der Waals surface area contributed by atoms with Crippen LogP contribution in [0.4, 0.5) is 0 Å². The normalized spacial score (nSPS) is 14.6. The second-order valence-corrected chi connectivity index (χ2v) is 4.25. The Morgan fingerprint density at radius 3 is 2.09 bits per heavy atom. The number of rotatable bonds is 3. The van der Waals surface area contributed by atoms with Gasteiger partial charge < -0.3 is 0 Å². The van der Waals surface area contributed by atoms with Crippen molar-refractivity contribution in [3.8, 4) is 0 Å². The van der Waals surface area contributed by atoms with Gasteiger partial charge in [-0.25, -0.2) is 0 Å². The fourth-order valence-electron chi connectivity index (χ4n) is 0.964. The highest BCUT2D eigenvalue weighted by atomic mass is 15.2. The first-order valence-electron chi connectivity index (χ1n) is 3.98. The van der Waals surface area contributed by atoms with Crippen LogP contribution >= 0.6 is 0 Å². The Balaban J connectivity index is 4.07. The third kappa shape index (κ3) is 4.17. The number of nitrogens with two attached hydrogens (primary N) is 1. The van der Waals surface area contributed by atoms with E-state index in [1.165, 1.54) is 5.57 Å². The smallest absolute Gasteiger partial charge is 0.0295 e.